The lowest BCUT2D eigenvalue weighted by Crippen LogP contribution is -2.23. The second-order valence-electron chi connectivity index (χ2n) is 9.50. The van der Waals surface area contributed by atoms with Gasteiger partial charge in [0.05, 0.1) is 12.8 Å². The first-order valence-corrected chi connectivity index (χ1v) is 13.3. The number of carbonyl (C=O) groups is 1. The van der Waals surface area contributed by atoms with Gasteiger partial charge in [0.15, 0.2) is 5.58 Å². The number of methoxy groups -OCH3 is 1. The minimum absolute atomic E-state index is 0.0783. The highest BCUT2D eigenvalue weighted by Crippen LogP contribution is 2.45. The van der Waals surface area contributed by atoms with E-state index in [1.165, 1.54) is 17.7 Å². The summed E-state index contributed by atoms with van der Waals surface area (Å²) < 4.78 is 23.5. The highest BCUT2D eigenvalue weighted by molar-refractivity contribution is 5.92. The highest BCUT2D eigenvalue weighted by atomic mass is 19.1. The van der Waals surface area contributed by atoms with Gasteiger partial charge in [0.1, 0.15) is 11.6 Å². The SMILES string of the molecule is C=C1C(CC)C1CNC(=O)/C=C/c1ccccc1OC.CCCC(CCC)c1noc2cc(F)ccc12. The molecule has 1 saturated carbocycles. The molecular weight excluding hydrogens is 467 g/mol. The van der Waals surface area contributed by atoms with Crippen molar-refractivity contribution in [1.29, 1.82) is 0 Å². The normalized spacial score (nSPS) is 16.6. The van der Waals surface area contributed by atoms with Crippen LogP contribution in [0.3, 0.4) is 0 Å². The number of carbonyl (C=O) groups excluding carboxylic acids is 1. The summed E-state index contributed by atoms with van der Waals surface area (Å²) >= 11 is 0. The third-order valence-corrected chi connectivity index (χ3v) is 6.94. The number of para-hydroxylation sites is 1. The van der Waals surface area contributed by atoms with E-state index in [2.05, 4.69) is 37.8 Å². The van der Waals surface area contributed by atoms with Crippen LogP contribution in [0, 0.1) is 17.7 Å². The molecule has 2 aromatic carbocycles. The van der Waals surface area contributed by atoms with Gasteiger partial charge >= 0.3 is 0 Å². The molecule has 3 aromatic rings. The molecule has 2 unspecified atom stereocenters. The number of halogens is 1. The van der Waals surface area contributed by atoms with Gasteiger partial charge in [0.25, 0.3) is 0 Å². The van der Waals surface area contributed by atoms with Crippen LogP contribution in [0.15, 0.2) is 65.2 Å². The monoisotopic (exact) mass is 506 g/mol. The maximum absolute atomic E-state index is 13.1. The van der Waals surface area contributed by atoms with Crippen LogP contribution in [0.2, 0.25) is 0 Å². The molecule has 1 aromatic heterocycles. The van der Waals surface area contributed by atoms with Crippen molar-refractivity contribution >= 4 is 23.0 Å². The number of rotatable bonds is 11. The zero-order valence-corrected chi connectivity index (χ0v) is 22.4. The summed E-state index contributed by atoms with van der Waals surface area (Å²) in [5, 5.41) is 8.01. The van der Waals surface area contributed by atoms with Crippen molar-refractivity contribution in [2.75, 3.05) is 13.7 Å². The fraction of sp³-hybridized carbons (Fsp3) is 0.419. The lowest BCUT2D eigenvalue weighted by atomic mass is 9.93. The molecule has 2 atom stereocenters. The number of benzene rings is 2. The molecule has 1 aliphatic carbocycles. The Morgan fingerprint density at radius 3 is 2.54 bits per heavy atom. The lowest BCUT2D eigenvalue weighted by molar-refractivity contribution is -0.116. The standard InChI is InChI=1S/C17H21NO2.C14H18FNO/c1-4-14-12(2)15(14)11-18-17(19)10-9-13-7-5-6-8-16(13)20-3;1-3-5-10(6-4-2)14-12-8-7-11(15)9-13(12)17-16-14/h5-10,14-15H,2,4,11H2,1,3H3,(H,18,19);7-10H,3-6H2,1-2H3/b10-9+;. The van der Waals surface area contributed by atoms with Gasteiger partial charge in [0, 0.05) is 41.5 Å². The summed E-state index contributed by atoms with van der Waals surface area (Å²) in [6, 6.07) is 12.3. The van der Waals surface area contributed by atoms with Gasteiger partial charge in [-0.25, -0.2) is 4.39 Å². The van der Waals surface area contributed by atoms with Crippen molar-refractivity contribution in [2.45, 2.75) is 58.8 Å². The highest BCUT2D eigenvalue weighted by Gasteiger charge is 2.40. The van der Waals surface area contributed by atoms with Crippen molar-refractivity contribution in [3.63, 3.8) is 0 Å². The second kappa shape index (κ2) is 13.8. The molecule has 6 heteroatoms. The van der Waals surface area contributed by atoms with E-state index in [1.54, 1.807) is 25.3 Å². The molecule has 1 heterocycles. The summed E-state index contributed by atoms with van der Waals surface area (Å²) in [6.45, 7) is 11.2. The maximum atomic E-state index is 13.1. The Hall–Kier alpha value is -3.41. The minimum atomic E-state index is -0.275. The number of ether oxygens (including phenoxy) is 1. The Labute approximate surface area is 219 Å². The van der Waals surface area contributed by atoms with Crippen LogP contribution in [0.4, 0.5) is 4.39 Å². The van der Waals surface area contributed by atoms with Crippen LogP contribution in [0.25, 0.3) is 17.0 Å². The first-order valence-electron chi connectivity index (χ1n) is 13.3. The fourth-order valence-corrected chi connectivity index (χ4v) is 4.84. The van der Waals surface area contributed by atoms with E-state index in [4.69, 9.17) is 9.26 Å². The molecule has 1 amide bonds. The second-order valence-corrected chi connectivity index (χ2v) is 9.50. The third-order valence-electron chi connectivity index (χ3n) is 6.94. The predicted molar refractivity (Wildman–Crippen MR) is 148 cm³/mol. The van der Waals surface area contributed by atoms with Crippen LogP contribution in [0.5, 0.6) is 5.75 Å². The first kappa shape index (κ1) is 28.2. The van der Waals surface area contributed by atoms with Gasteiger partial charge in [-0.15, -0.1) is 0 Å². The van der Waals surface area contributed by atoms with Crippen molar-refractivity contribution in [3.05, 3.63) is 77.8 Å². The Morgan fingerprint density at radius 1 is 1.16 bits per heavy atom. The first-order chi connectivity index (χ1) is 17.9. The van der Waals surface area contributed by atoms with E-state index in [-0.39, 0.29) is 11.7 Å². The van der Waals surface area contributed by atoms with E-state index in [0.29, 0.717) is 29.9 Å². The number of aromatic nitrogens is 1. The Kier molecular flexibility index (Phi) is 10.5. The van der Waals surface area contributed by atoms with Gasteiger partial charge in [-0.3, -0.25) is 4.79 Å². The largest absolute Gasteiger partial charge is 0.496 e. The Morgan fingerprint density at radius 2 is 1.89 bits per heavy atom. The van der Waals surface area contributed by atoms with Crippen LogP contribution >= 0.6 is 0 Å². The fourth-order valence-electron chi connectivity index (χ4n) is 4.84. The minimum Gasteiger partial charge on any atom is -0.496 e. The van der Waals surface area contributed by atoms with Gasteiger partial charge in [0.2, 0.25) is 5.91 Å². The van der Waals surface area contributed by atoms with Crippen LogP contribution in [0.1, 0.15) is 70.1 Å². The molecule has 0 radical (unpaired) electrons. The predicted octanol–water partition coefficient (Wildman–Crippen LogP) is 7.69. The average molecular weight is 507 g/mol. The number of nitrogens with one attached hydrogen (secondary N) is 1. The molecule has 4 rings (SSSR count). The van der Waals surface area contributed by atoms with Gasteiger partial charge in [-0.1, -0.05) is 69.1 Å². The van der Waals surface area contributed by atoms with Crippen molar-refractivity contribution < 1.29 is 18.4 Å². The van der Waals surface area contributed by atoms with Crippen LogP contribution in [-0.4, -0.2) is 24.7 Å². The summed E-state index contributed by atoms with van der Waals surface area (Å²) in [7, 11) is 1.62. The van der Waals surface area contributed by atoms with Crippen molar-refractivity contribution in [1.82, 2.24) is 10.5 Å². The molecule has 0 saturated heterocycles. The number of hydrogen-bond donors (Lipinski definition) is 1. The summed E-state index contributed by atoms with van der Waals surface area (Å²) in [5.41, 5.74) is 3.70. The molecule has 5 nitrogen and oxygen atoms in total. The van der Waals surface area contributed by atoms with Crippen LogP contribution in [-0.2, 0) is 4.79 Å². The molecular formula is C31H39FN2O3. The molecule has 1 fully saturated rings. The maximum Gasteiger partial charge on any atom is 0.244 e. The number of fused-ring (bicyclic) bond motifs is 1. The summed E-state index contributed by atoms with van der Waals surface area (Å²) in [5.74, 6) is 1.89. The summed E-state index contributed by atoms with van der Waals surface area (Å²) in [6.07, 6.45) is 8.88. The molecule has 37 heavy (non-hydrogen) atoms. The molecule has 0 bridgehead atoms. The number of amides is 1. The van der Waals surface area contributed by atoms with E-state index < -0.39 is 0 Å². The molecule has 0 aliphatic heterocycles. The number of hydrogen-bond acceptors (Lipinski definition) is 4. The van der Waals surface area contributed by atoms with Gasteiger partial charge in [-0.2, -0.15) is 0 Å². The van der Waals surface area contributed by atoms with E-state index in [9.17, 15) is 9.18 Å². The number of nitrogens with zero attached hydrogens (tertiary/aromatic N) is 1. The quantitative estimate of drug-likeness (QED) is 0.214. The van der Waals surface area contributed by atoms with E-state index in [0.717, 1.165) is 54.5 Å². The molecule has 198 valence electrons. The zero-order valence-electron chi connectivity index (χ0n) is 22.4. The Balaban J connectivity index is 0.000000208. The molecule has 1 N–H and O–H groups in total. The molecule has 1 aliphatic rings. The smallest absolute Gasteiger partial charge is 0.244 e. The lowest BCUT2D eigenvalue weighted by Gasteiger charge is -2.11. The van der Waals surface area contributed by atoms with Crippen molar-refractivity contribution in [2.24, 2.45) is 11.8 Å². The topological polar surface area (TPSA) is 64.4 Å². The van der Waals surface area contributed by atoms with Gasteiger partial charge in [-0.05, 0) is 49.5 Å². The van der Waals surface area contributed by atoms with E-state index in [1.807, 2.05) is 24.3 Å². The van der Waals surface area contributed by atoms with E-state index >= 15 is 0 Å². The zero-order chi connectivity index (χ0) is 26.8. The van der Waals surface area contributed by atoms with Crippen LogP contribution < -0.4 is 10.1 Å². The van der Waals surface area contributed by atoms with Gasteiger partial charge < -0.3 is 14.6 Å². The van der Waals surface area contributed by atoms with Crippen molar-refractivity contribution in [3.8, 4) is 5.75 Å². The summed E-state index contributed by atoms with van der Waals surface area (Å²) in [4.78, 5) is 11.8. The Bertz CT molecular complexity index is 1210. The average Bonchev–Trinajstić information content (AvgIpc) is 3.34. The third kappa shape index (κ3) is 7.54. The molecule has 0 spiro atoms.